The summed E-state index contributed by atoms with van der Waals surface area (Å²) >= 11 is 0. The Kier molecular flexibility index (Phi) is 4.04. The molecule has 4 rings (SSSR count). The van der Waals surface area contributed by atoms with Gasteiger partial charge in [0.05, 0.1) is 11.9 Å². The number of nitrogens with zero attached hydrogens (tertiary/aromatic N) is 4. The number of aromatic nitrogens is 3. The van der Waals surface area contributed by atoms with Gasteiger partial charge in [0.15, 0.2) is 5.67 Å². The lowest BCUT2D eigenvalue weighted by Crippen LogP contribution is -2.40. The maximum absolute atomic E-state index is 15.5. The van der Waals surface area contributed by atoms with E-state index in [0.717, 1.165) is 41.5 Å². The summed E-state index contributed by atoms with van der Waals surface area (Å²) in [5, 5.41) is 6.29. The Morgan fingerprint density at radius 1 is 1.08 bits per heavy atom. The van der Waals surface area contributed by atoms with Gasteiger partial charge in [-0.3, -0.25) is 9.67 Å². The maximum Gasteiger partial charge on any atom is 0.155 e. The molecule has 0 spiro atoms. The van der Waals surface area contributed by atoms with Gasteiger partial charge in [0.1, 0.15) is 0 Å². The molecule has 0 unspecified atom stereocenters. The number of pyridine rings is 1. The number of fused-ring (bicyclic) bond motifs is 1. The minimum atomic E-state index is -1.32. The van der Waals surface area contributed by atoms with Gasteiger partial charge in [-0.2, -0.15) is 5.10 Å². The van der Waals surface area contributed by atoms with Crippen molar-refractivity contribution in [1.29, 1.82) is 0 Å². The number of piperidine rings is 1. The topological polar surface area (TPSA) is 34.0 Å². The van der Waals surface area contributed by atoms with Gasteiger partial charge in [-0.15, -0.1) is 0 Å². The fraction of sp³-hybridized carbons (Fsp3) is 0.400. The van der Waals surface area contributed by atoms with Crippen LogP contribution in [-0.2, 0) is 12.7 Å². The molecule has 4 nitrogen and oxygen atoms in total. The zero-order chi connectivity index (χ0) is 17.4. The Hall–Kier alpha value is -2.27. The molecule has 1 aliphatic rings. The van der Waals surface area contributed by atoms with Gasteiger partial charge in [-0.25, -0.2) is 4.39 Å². The zero-order valence-electron chi connectivity index (χ0n) is 14.7. The van der Waals surface area contributed by atoms with Crippen molar-refractivity contribution in [3.63, 3.8) is 0 Å². The van der Waals surface area contributed by atoms with Crippen LogP contribution in [0.1, 0.15) is 25.5 Å². The van der Waals surface area contributed by atoms with Crippen LogP contribution < -0.4 is 0 Å². The van der Waals surface area contributed by atoms with Crippen LogP contribution in [0, 0.1) is 0 Å². The summed E-state index contributed by atoms with van der Waals surface area (Å²) < 4.78 is 17.3. The first kappa shape index (κ1) is 16.2. The number of alkyl halides is 1. The summed E-state index contributed by atoms with van der Waals surface area (Å²) in [6.07, 6.45) is 6.66. The molecule has 0 radical (unpaired) electrons. The van der Waals surface area contributed by atoms with Crippen LogP contribution in [0.25, 0.3) is 21.9 Å². The summed E-state index contributed by atoms with van der Waals surface area (Å²) in [4.78, 5) is 6.74. The highest BCUT2D eigenvalue weighted by atomic mass is 19.1. The van der Waals surface area contributed by atoms with Gasteiger partial charge in [0.25, 0.3) is 0 Å². The summed E-state index contributed by atoms with van der Waals surface area (Å²) in [5.41, 5.74) is 1.41. The molecular weight excluding hydrogens is 315 g/mol. The van der Waals surface area contributed by atoms with Crippen LogP contribution >= 0.6 is 0 Å². The first-order chi connectivity index (χ1) is 12.1. The van der Waals surface area contributed by atoms with Crippen molar-refractivity contribution in [3.8, 4) is 11.1 Å². The highest BCUT2D eigenvalue weighted by molar-refractivity contribution is 5.87. The number of aryl methyl sites for hydroxylation is 1. The summed E-state index contributed by atoms with van der Waals surface area (Å²) in [6.45, 7) is 4.69. The fourth-order valence-corrected chi connectivity index (χ4v) is 3.62. The number of likely N-dealkylation sites (tertiary alicyclic amines) is 1. The van der Waals surface area contributed by atoms with Gasteiger partial charge in [-0.05, 0) is 42.5 Å². The van der Waals surface area contributed by atoms with Crippen LogP contribution in [-0.4, -0.2) is 39.3 Å². The molecule has 2 aromatic heterocycles. The van der Waals surface area contributed by atoms with E-state index in [1.807, 2.05) is 31.6 Å². The van der Waals surface area contributed by atoms with Crippen LogP contribution in [0.4, 0.5) is 4.39 Å². The van der Waals surface area contributed by atoms with Gasteiger partial charge < -0.3 is 4.90 Å². The lowest BCUT2D eigenvalue weighted by molar-refractivity contribution is 0.0549. The second-order valence-corrected chi connectivity index (χ2v) is 6.93. The largest absolute Gasteiger partial charge is 0.303 e. The van der Waals surface area contributed by atoms with Gasteiger partial charge in [0.2, 0.25) is 0 Å². The third kappa shape index (κ3) is 3.04. The summed E-state index contributed by atoms with van der Waals surface area (Å²) in [5.74, 6) is 0. The van der Waals surface area contributed by atoms with Crippen LogP contribution in [0.2, 0.25) is 0 Å². The standard InChI is InChI=1S/C20H23FN4/c1-3-25-8-6-20(21,7-9-25)19-11-17-10-15(4-5-16(17)12-22-19)18-13-23-24(2)14-18/h4-5,10-14H,3,6-9H2,1-2H3. The quantitative estimate of drug-likeness (QED) is 0.726. The molecule has 3 aromatic rings. The Labute approximate surface area is 147 Å². The molecule has 130 valence electrons. The maximum atomic E-state index is 15.5. The molecule has 1 aliphatic heterocycles. The van der Waals surface area contributed by atoms with E-state index in [0.29, 0.717) is 18.5 Å². The number of rotatable bonds is 3. The molecule has 0 atom stereocenters. The van der Waals surface area contributed by atoms with Crippen molar-refractivity contribution in [2.75, 3.05) is 19.6 Å². The Morgan fingerprint density at radius 3 is 2.56 bits per heavy atom. The van der Waals surface area contributed by atoms with E-state index >= 15 is 4.39 Å². The molecule has 1 aromatic carbocycles. The number of benzene rings is 1. The van der Waals surface area contributed by atoms with Crippen molar-refractivity contribution in [3.05, 3.63) is 48.5 Å². The number of hydrogen-bond acceptors (Lipinski definition) is 3. The third-order valence-corrected chi connectivity index (χ3v) is 5.31. The van der Waals surface area contributed by atoms with E-state index < -0.39 is 5.67 Å². The Morgan fingerprint density at radius 2 is 1.88 bits per heavy atom. The summed E-state index contributed by atoms with van der Waals surface area (Å²) in [7, 11) is 1.90. The van der Waals surface area contributed by atoms with Crippen molar-refractivity contribution < 1.29 is 4.39 Å². The Balaban J connectivity index is 1.69. The minimum absolute atomic E-state index is 0.516. The molecule has 0 N–H and O–H groups in total. The predicted octanol–water partition coefficient (Wildman–Crippen LogP) is 3.92. The fourth-order valence-electron chi connectivity index (χ4n) is 3.62. The van der Waals surface area contributed by atoms with E-state index in [-0.39, 0.29) is 0 Å². The normalized spacial score (nSPS) is 17.9. The SMILES string of the molecule is CCN1CCC(F)(c2cc3cc(-c4cnn(C)c4)ccc3cn2)CC1. The lowest BCUT2D eigenvalue weighted by Gasteiger charge is -2.35. The number of hydrogen-bond donors (Lipinski definition) is 0. The highest BCUT2D eigenvalue weighted by Gasteiger charge is 2.37. The van der Waals surface area contributed by atoms with Crippen molar-refractivity contribution >= 4 is 10.8 Å². The molecule has 0 amide bonds. The average Bonchev–Trinajstić information content (AvgIpc) is 3.08. The second-order valence-electron chi connectivity index (χ2n) is 6.93. The molecule has 0 saturated carbocycles. The zero-order valence-corrected chi connectivity index (χ0v) is 14.7. The molecule has 5 heteroatoms. The third-order valence-electron chi connectivity index (χ3n) is 5.31. The highest BCUT2D eigenvalue weighted by Crippen LogP contribution is 2.37. The predicted molar refractivity (Wildman–Crippen MR) is 98.1 cm³/mol. The first-order valence-corrected chi connectivity index (χ1v) is 8.88. The Bertz CT molecular complexity index is 894. The van der Waals surface area contributed by atoms with E-state index in [4.69, 9.17) is 0 Å². The first-order valence-electron chi connectivity index (χ1n) is 8.88. The molecule has 1 saturated heterocycles. The smallest absolute Gasteiger partial charge is 0.155 e. The van der Waals surface area contributed by atoms with Gasteiger partial charge in [-0.1, -0.05) is 19.1 Å². The van der Waals surface area contributed by atoms with Crippen LogP contribution in [0.5, 0.6) is 0 Å². The summed E-state index contributed by atoms with van der Waals surface area (Å²) in [6, 6.07) is 8.13. The molecule has 25 heavy (non-hydrogen) atoms. The van der Waals surface area contributed by atoms with Gasteiger partial charge >= 0.3 is 0 Å². The molecule has 0 bridgehead atoms. The monoisotopic (exact) mass is 338 g/mol. The lowest BCUT2D eigenvalue weighted by atomic mass is 9.88. The second kappa shape index (κ2) is 6.23. The van der Waals surface area contributed by atoms with E-state index in [1.165, 1.54) is 0 Å². The average molecular weight is 338 g/mol. The molecule has 1 fully saturated rings. The minimum Gasteiger partial charge on any atom is -0.303 e. The van der Waals surface area contributed by atoms with E-state index in [9.17, 15) is 0 Å². The molecular formula is C20H23FN4. The van der Waals surface area contributed by atoms with Crippen LogP contribution in [0.15, 0.2) is 42.9 Å². The van der Waals surface area contributed by atoms with Crippen molar-refractivity contribution in [2.45, 2.75) is 25.4 Å². The van der Waals surface area contributed by atoms with E-state index in [2.05, 4.69) is 34.0 Å². The van der Waals surface area contributed by atoms with Crippen molar-refractivity contribution in [1.82, 2.24) is 19.7 Å². The van der Waals surface area contributed by atoms with Crippen molar-refractivity contribution in [2.24, 2.45) is 7.05 Å². The molecule has 0 aliphatic carbocycles. The number of halogens is 1. The molecule has 3 heterocycles. The van der Waals surface area contributed by atoms with Gasteiger partial charge in [0, 0.05) is 43.5 Å². The van der Waals surface area contributed by atoms with E-state index in [1.54, 1.807) is 10.9 Å². The van der Waals surface area contributed by atoms with Crippen LogP contribution in [0.3, 0.4) is 0 Å².